The number of hydrogen-bond donors (Lipinski definition) is 1. The second-order valence-electron chi connectivity index (χ2n) is 6.39. The van der Waals surface area contributed by atoms with Gasteiger partial charge in [0, 0.05) is 16.6 Å². The van der Waals surface area contributed by atoms with E-state index in [9.17, 15) is 4.39 Å². The van der Waals surface area contributed by atoms with Crippen LogP contribution < -0.4 is 5.32 Å². The monoisotopic (exact) mass is 354 g/mol. The van der Waals surface area contributed by atoms with Gasteiger partial charge in [-0.25, -0.2) is 4.39 Å². The summed E-state index contributed by atoms with van der Waals surface area (Å²) in [4.78, 5) is 2.65. The quantitative estimate of drug-likeness (QED) is 0.874. The van der Waals surface area contributed by atoms with Crippen molar-refractivity contribution in [2.45, 2.75) is 44.2 Å². The fourth-order valence-corrected chi connectivity index (χ4v) is 4.22. The molecular weight excluding hydrogens is 331 g/mol. The molecule has 0 amide bonds. The SMILES string of the molecule is CNCC1CCCCN(C2CC2)C1c1cc(F)ccc1Br. The molecule has 2 aliphatic rings. The van der Waals surface area contributed by atoms with Gasteiger partial charge in [0.05, 0.1) is 0 Å². The Bertz CT molecular complexity index is 490. The molecule has 1 saturated carbocycles. The highest BCUT2D eigenvalue weighted by Crippen LogP contribution is 2.43. The summed E-state index contributed by atoms with van der Waals surface area (Å²) in [5.41, 5.74) is 1.13. The van der Waals surface area contributed by atoms with Crippen molar-refractivity contribution in [3.05, 3.63) is 34.1 Å². The Morgan fingerprint density at radius 3 is 2.81 bits per heavy atom. The second-order valence-corrected chi connectivity index (χ2v) is 7.25. The van der Waals surface area contributed by atoms with E-state index in [0.717, 1.165) is 23.1 Å². The van der Waals surface area contributed by atoms with Crippen LogP contribution in [-0.4, -0.2) is 31.1 Å². The first-order chi connectivity index (χ1) is 10.2. The Kier molecular flexibility index (Phi) is 4.97. The topological polar surface area (TPSA) is 15.3 Å². The average Bonchev–Trinajstić information content (AvgIpc) is 3.28. The number of nitrogens with one attached hydrogen (secondary N) is 1. The summed E-state index contributed by atoms with van der Waals surface area (Å²) in [6.45, 7) is 2.15. The predicted octanol–water partition coefficient (Wildman–Crippen LogP) is 4.11. The average molecular weight is 355 g/mol. The molecule has 2 fully saturated rings. The Hall–Kier alpha value is -0.450. The van der Waals surface area contributed by atoms with Crippen molar-refractivity contribution in [1.29, 1.82) is 0 Å². The highest BCUT2D eigenvalue weighted by Gasteiger charge is 2.39. The number of nitrogens with zero attached hydrogens (tertiary/aromatic N) is 1. The van der Waals surface area contributed by atoms with Crippen LogP contribution >= 0.6 is 15.9 Å². The minimum atomic E-state index is -0.128. The Balaban J connectivity index is 1.98. The second kappa shape index (κ2) is 6.76. The molecule has 0 spiro atoms. The maximum atomic E-state index is 13.8. The van der Waals surface area contributed by atoms with Crippen LogP contribution in [0.3, 0.4) is 0 Å². The van der Waals surface area contributed by atoms with E-state index in [1.165, 1.54) is 32.1 Å². The summed E-state index contributed by atoms with van der Waals surface area (Å²) < 4.78 is 14.8. The predicted molar refractivity (Wildman–Crippen MR) is 87.8 cm³/mol. The number of likely N-dealkylation sites (tertiary alicyclic amines) is 1. The molecule has 1 heterocycles. The van der Waals surface area contributed by atoms with E-state index < -0.39 is 0 Å². The maximum Gasteiger partial charge on any atom is 0.123 e. The largest absolute Gasteiger partial charge is 0.319 e. The first-order valence-corrected chi connectivity index (χ1v) is 8.85. The fraction of sp³-hybridized carbons (Fsp3) is 0.647. The van der Waals surface area contributed by atoms with Crippen LogP contribution in [0.15, 0.2) is 22.7 Å². The molecule has 4 heteroatoms. The van der Waals surface area contributed by atoms with E-state index in [1.54, 1.807) is 12.1 Å². The minimum Gasteiger partial charge on any atom is -0.319 e. The summed E-state index contributed by atoms with van der Waals surface area (Å²) in [7, 11) is 2.02. The molecule has 3 rings (SSSR count). The third-order valence-corrected chi connectivity index (χ3v) is 5.53. The summed E-state index contributed by atoms with van der Waals surface area (Å²) in [6, 6.07) is 6.17. The molecule has 2 atom stereocenters. The van der Waals surface area contributed by atoms with Crippen molar-refractivity contribution in [1.82, 2.24) is 10.2 Å². The van der Waals surface area contributed by atoms with E-state index >= 15 is 0 Å². The van der Waals surface area contributed by atoms with Gasteiger partial charge in [0.1, 0.15) is 5.82 Å². The van der Waals surface area contributed by atoms with E-state index in [0.29, 0.717) is 18.0 Å². The van der Waals surface area contributed by atoms with Gasteiger partial charge < -0.3 is 5.32 Å². The molecule has 1 aliphatic carbocycles. The lowest BCUT2D eigenvalue weighted by molar-refractivity contribution is 0.144. The highest BCUT2D eigenvalue weighted by atomic mass is 79.9. The van der Waals surface area contributed by atoms with Gasteiger partial charge >= 0.3 is 0 Å². The highest BCUT2D eigenvalue weighted by molar-refractivity contribution is 9.10. The standard InChI is InChI=1S/C17H24BrFN2/c1-20-11-12-4-2-3-9-21(14-6-7-14)17(12)15-10-13(19)5-8-16(15)18/h5,8,10,12,14,17,20H,2-4,6-7,9,11H2,1H3. The minimum absolute atomic E-state index is 0.128. The van der Waals surface area contributed by atoms with Crippen LogP contribution in [0.1, 0.15) is 43.7 Å². The summed E-state index contributed by atoms with van der Waals surface area (Å²) in [6.07, 6.45) is 6.36. The molecule has 1 aliphatic heterocycles. The van der Waals surface area contributed by atoms with E-state index in [-0.39, 0.29) is 5.82 Å². The van der Waals surface area contributed by atoms with Crippen LogP contribution in [0, 0.1) is 11.7 Å². The van der Waals surface area contributed by atoms with Crippen molar-refractivity contribution in [3.63, 3.8) is 0 Å². The summed E-state index contributed by atoms with van der Waals surface area (Å²) in [5, 5.41) is 3.34. The number of hydrogen-bond acceptors (Lipinski definition) is 2. The summed E-state index contributed by atoms with van der Waals surface area (Å²) in [5.74, 6) is 0.424. The fourth-order valence-electron chi connectivity index (χ4n) is 3.73. The molecule has 0 bridgehead atoms. The van der Waals surface area contributed by atoms with Gasteiger partial charge in [0.25, 0.3) is 0 Å². The third-order valence-electron chi connectivity index (χ3n) is 4.80. The molecule has 1 aromatic carbocycles. The molecule has 1 saturated heterocycles. The molecule has 21 heavy (non-hydrogen) atoms. The van der Waals surface area contributed by atoms with E-state index in [1.807, 2.05) is 13.1 Å². The van der Waals surface area contributed by atoms with Crippen LogP contribution in [0.2, 0.25) is 0 Å². The van der Waals surface area contributed by atoms with Gasteiger partial charge in [0.2, 0.25) is 0 Å². The van der Waals surface area contributed by atoms with Crippen LogP contribution in [0.4, 0.5) is 4.39 Å². The molecule has 1 N–H and O–H groups in total. The Morgan fingerprint density at radius 2 is 2.10 bits per heavy atom. The van der Waals surface area contributed by atoms with Gasteiger partial charge in [-0.15, -0.1) is 0 Å². The van der Waals surface area contributed by atoms with Crippen LogP contribution in [0.25, 0.3) is 0 Å². The zero-order chi connectivity index (χ0) is 14.8. The zero-order valence-electron chi connectivity index (χ0n) is 12.6. The number of rotatable bonds is 4. The van der Waals surface area contributed by atoms with Gasteiger partial charge in [-0.05, 0) is 75.5 Å². The van der Waals surface area contributed by atoms with Crippen molar-refractivity contribution in [2.75, 3.05) is 20.1 Å². The van der Waals surface area contributed by atoms with Gasteiger partial charge in [-0.3, -0.25) is 4.90 Å². The first kappa shape index (κ1) is 15.4. The molecule has 0 radical (unpaired) electrons. The van der Waals surface area contributed by atoms with E-state index in [2.05, 4.69) is 26.1 Å². The lowest BCUT2D eigenvalue weighted by Gasteiger charge is -2.36. The zero-order valence-corrected chi connectivity index (χ0v) is 14.2. The summed E-state index contributed by atoms with van der Waals surface area (Å²) >= 11 is 3.65. The molecule has 1 aromatic rings. The molecule has 2 nitrogen and oxygen atoms in total. The molecular formula is C17H24BrFN2. The third kappa shape index (κ3) is 3.49. The van der Waals surface area contributed by atoms with E-state index in [4.69, 9.17) is 0 Å². The van der Waals surface area contributed by atoms with Crippen molar-refractivity contribution in [3.8, 4) is 0 Å². The first-order valence-electron chi connectivity index (χ1n) is 8.06. The lowest BCUT2D eigenvalue weighted by Crippen LogP contribution is -2.38. The number of benzene rings is 1. The molecule has 0 aromatic heterocycles. The van der Waals surface area contributed by atoms with Crippen molar-refractivity contribution >= 4 is 15.9 Å². The Morgan fingerprint density at radius 1 is 1.29 bits per heavy atom. The van der Waals surface area contributed by atoms with Gasteiger partial charge in [-0.2, -0.15) is 0 Å². The van der Waals surface area contributed by atoms with Crippen molar-refractivity contribution in [2.24, 2.45) is 5.92 Å². The lowest BCUT2D eigenvalue weighted by atomic mass is 9.89. The normalized spacial score (nSPS) is 27.6. The van der Waals surface area contributed by atoms with Gasteiger partial charge in [-0.1, -0.05) is 22.4 Å². The Labute approximate surface area is 135 Å². The molecule has 116 valence electrons. The maximum absolute atomic E-state index is 13.8. The van der Waals surface area contributed by atoms with Gasteiger partial charge in [0.15, 0.2) is 0 Å². The molecule has 2 unspecified atom stereocenters. The van der Waals surface area contributed by atoms with Crippen LogP contribution in [-0.2, 0) is 0 Å². The number of halogens is 2. The van der Waals surface area contributed by atoms with Crippen LogP contribution in [0.5, 0.6) is 0 Å². The van der Waals surface area contributed by atoms with Crippen molar-refractivity contribution < 1.29 is 4.39 Å². The smallest absolute Gasteiger partial charge is 0.123 e.